The van der Waals surface area contributed by atoms with E-state index in [-0.39, 0.29) is 6.10 Å². The van der Waals surface area contributed by atoms with E-state index in [1.54, 1.807) is 0 Å². The zero-order chi connectivity index (χ0) is 15.9. The molecule has 1 N–H and O–H groups in total. The molecule has 2 fully saturated rings. The number of morpholine rings is 1. The van der Waals surface area contributed by atoms with Gasteiger partial charge in [-0.25, -0.2) is 0 Å². The molecule has 2 saturated heterocycles. The van der Waals surface area contributed by atoms with E-state index >= 15 is 0 Å². The Kier molecular flexibility index (Phi) is 6.36. The first-order valence-electron chi connectivity index (χ1n) is 8.61. The number of aliphatic hydroxyl groups is 1. The van der Waals surface area contributed by atoms with Crippen LogP contribution in [0.3, 0.4) is 0 Å². The number of β-amino-alcohol motifs (C(OH)–C–C–N with tert-alkyl or cyclic N) is 1. The van der Waals surface area contributed by atoms with Crippen LogP contribution in [0.5, 0.6) is 0 Å². The number of aromatic nitrogens is 1. The van der Waals surface area contributed by atoms with Crippen molar-refractivity contribution in [1.82, 2.24) is 19.7 Å². The first kappa shape index (κ1) is 16.8. The van der Waals surface area contributed by atoms with Gasteiger partial charge in [-0.05, 0) is 17.7 Å². The third kappa shape index (κ3) is 5.51. The monoisotopic (exact) mass is 320 g/mol. The second-order valence-electron chi connectivity index (χ2n) is 6.50. The molecule has 2 aliphatic heterocycles. The minimum Gasteiger partial charge on any atom is -0.390 e. The van der Waals surface area contributed by atoms with Gasteiger partial charge in [0.1, 0.15) is 0 Å². The van der Waals surface area contributed by atoms with Gasteiger partial charge in [0.2, 0.25) is 0 Å². The molecular formula is C17H28N4O2. The van der Waals surface area contributed by atoms with Crippen LogP contribution in [0.2, 0.25) is 0 Å². The van der Waals surface area contributed by atoms with Crippen LogP contribution < -0.4 is 0 Å². The van der Waals surface area contributed by atoms with Crippen molar-refractivity contribution in [2.75, 3.05) is 65.6 Å². The number of hydrogen-bond donors (Lipinski definition) is 1. The maximum Gasteiger partial charge on any atom is 0.0793 e. The second kappa shape index (κ2) is 8.70. The van der Waals surface area contributed by atoms with Crippen molar-refractivity contribution in [1.29, 1.82) is 0 Å². The molecule has 0 aliphatic carbocycles. The molecule has 1 aromatic rings. The molecular weight excluding hydrogens is 292 g/mol. The van der Waals surface area contributed by atoms with Crippen LogP contribution in [0.1, 0.15) is 5.56 Å². The molecule has 6 heteroatoms. The minimum atomic E-state index is -0.264. The van der Waals surface area contributed by atoms with Gasteiger partial charge in [-0.15, -0.1) is 0 Å². The summed E-state index contributed by atoms with van der Waals surface area (Å²) in [5.41, 5.74) is 1.32. The maximum absolute atomic E-state index is 10.3. The number of hydrogen-bond acceptors (Lipinski definition) is 6. The quantitative estimate of drug-likeness (QED) is 0.789. The molecule has 0 aromatic carbocycles. The molecule has 6 nitrogen and oxygen atoms in total. The zero-order valence-electron chi connectivity index (χ0n) is 13.8. The molecule has 0 spiro atoms. The molecule has 0 saturated carbocycles. The predicted octanol–water partition coefficient (Wildman–Crippen LogP) is -0.108. The van der Waals surface area contributed by atoms with Gasteiger partial charge in [-0.2, -0.15) is 0 Å². The van der Waals surface area contributed by atoms with E-state index in [0.717, 1.165) is 72.1 Å². The highest BCUT2D eigenvalue weighted by atomic mass is 16.5. The molecule has 0 radical (unpaired) electrons. The number of pyridine rings is 1. The Balaban J connectivity index is 1.35. The lowest BCUT2D eigenvalue weighted by Crippen LogP contribution is -2.50. The molecule has 23 heavy (non-hydrogen) atoms. The average Bonchev–Trinajstić information content (AvgIpc) is 2.58. The lowest BCUT2D eigenvalue weighted by Gasteiger charge is -2.36. The van der Waals surface area contributed by atoms with Gasteiger partial charge >= 0.3 is 0 Å². The van der Waals surface area contributed by atoms with E-state index in [1.165, 1.54) is 5.56 Å². The molecule has 0 amide bonds. The van der Waals surface area contributed by atoms with E-state index in [4.69, 9.17) is 4.74 Å². The summed E-state index contributed by atoms with van der Waals surface area (Å²) < 4.78 is 5.35. The van der Waals surface area contributed by atoms with Crippen LogP contribution in [0.25, 0.3) is 0 Å². The summed E-state index contributed by atoms with van der Waals surface area (Å²) in [7, 11) is 0. The first-order valence-corrected chi connectivity index (χ1v) is 8.61. The summed E-state index contributed by atoms with van der Waals surface area (Å²) in [5.74, 6) is 0. The highest BCUT2D eigenvalue weighted by molar-refractivity contribution is 5.09. The zero-order valence-corrected chi connectivity index (χ0v) is 13.8. The molecule has 2 aliphatic rings. The normalized spacial score (nSPS) is 23.0. The number of nitrogens with zero attached hydrogens (tertiary/aromatic N) is 4. The molecule has 1 aromatic heterocycles. The largest absolute Gasteiger partial charge is 0.390 e. The lowest BCUT2D eigenvalue weighted by molar-refractivity contribution is 0.00218. The van der Waals surface area contributed by atoms with Gasteiger partial charge in [-0.3, -0.25) is 19.7 Å². The van der Waals surface area contributed by atoms with Crippen molar-refractivity contribution in [2.24, 2.45) is 0 Å². The Labute approximate surface area is 138 Å². The van der Waals surface area contributed by atoms with E-state index < -0.39 is 0 Å². The van der Waals surface area contributed by atoms with Gasteiger partial charge < -0.3 is 9.84 Å². The van der Waals surface area contributed by atoms with Crippen LogP contribution in [0, 0.1) is 0 Å². The fraction of sp³-hybridized carbons (Fsp3) is 0.706. The van der Waals surface area contributed by atoms with Crippen molar-refractivity contribution in [2.45, 2.75) is 12.6 Å². The summed E-state index contributed by atoms with van der Waals surface area (Å²) in [4.78, 5) is 11.2. The number of rotatable bonds is 6. The van der Waals surface area contributed by atoms with Crippen molar-refractivity contribution in [3.63, 3.8) is 0 Å². The Hall–Kier alpha value is -1.05. The third-order valence-electron chi connectivity index (χ3n) is 4.66. The fourth-order valence-electron chi connectivity index (χ4n) is 3.31. The van der Waals surface area contributed by atoms with Crippen molar-refractivity contribution < 1.29 is 9.84 Å². The van der Waals surface area contributed by atoms with Gasteiger partial charge in [0, 0.05) is 71.3 Å². The van der Waals surface area contributed by atoms with Gasteiger partial charge in [0.05, 0.1) is 19.3 Å². The topological polar surface area (TPSA) is 52.1 Å². The average molecular weight is 320 g/mol. The number of aliphatic hydroxyl groups excluding tert-OH is 1. The standard InChI is InChI=1S/C17H28N4O2/c22-17(15-21-9-11-23-12-10-21)14-20-7-5-19(6-8-20)13-16-1-3-18-4-2-16/h1-4,17,22H,5-15H2. The van der Waals surface area contributed by atoms with Crippen LogP contribution in [-0.2, 0) is 11.3 Å². The van der Waals surface area contributed by atoms with Crippen LogP contribution in [0.4, 0.5) is 0 Å². The van der Waals surface area contributed by atoms with E-state index in [0.29, 0.717) is 0 Å². The highest BCUT2D eigenvalue weighted by Gasteiger charge is 2.21. The molecule has 1 atom stereocenters. The van der Waals surface area contributed by atoms with E-state index in [9.17, 15) is 5.11 Å². The van der Waals surface area contributed by atoms with Crippen LogP contribution >= 0.6 is 0 Å². The van der Waals surface area contributed by atoms with Gasteiger partial charge in [-0.1, -0.05) is 0 Å². The Morgan fingerprint density at radius 1 is 0.913 bits per heavy atom. The molecule has 128 valence electrons. The number of ether oxygens (including phenoxy) is 1. The Bertz CT molecular complexity index is 445. The van der Waals surface area contributed by atoms with Crippen molar-refractivity contribution >= 4 is 0 Å². The Morgan fingerprint density at radius 2 is 1.48 bits per heavy atom. The second-order valence-corrected chi connectivity index (χ2v) is 6.50. The first-order chi connectivity index (χ1) is 11.3. The summed E-state index contributed by atoms with van der Waals surface area (Å²) in [6.07, 6.45) is 3.45. The summed E-state index contributed by atoms with van der Waals surface area (Å²) in [5, 5.41) is 10.3. The fourth-order valence-corrected chi connectivity index (χ4v) is 3.31. The van der Waals surface area contributed by atoms with Crippen LogP contribution in [0.15, 0.2) is 24.5 Å². The SMILES string of the molecule is OC(CN1CCOCC1)CN1CCN(Cc2ccncc2)CC1. The molecule has 3 heterocycles. The summed E-state index contributed by atoms with van der Waals surface area (Å²) in [6.45, 7) is 10.2. The van der Waals surface area contributed by atoms with Crippen molar-refractivity contribution in [3.8, 4) is 0 Å². The maximum atomic E-state index is 10.3. The minimum absolute atomic E-state index is 0.264. The smallest absolute Gasteiger partial charge is 0.0793 e. The predicted molar refractivity (Wildman–Crippen MR) is 89.2 cm³/mol. The van der Waals surface area contributed by atoms with Crippen LogP contribution in [-0.4, -0.2) is 96.5 Å². The molecule has 0 bridgehead atoms. The molecule has 1 unspecified atom stereocenters. The van der Waals surface area contributed by atoms with Gasteiger partial charge in [0.15, 0.2) is 0 Å². The van der Waals surface area contributed by atoms with E-state index in [1.807, 2.05) is 12.4 Å². The number of piperazine rings is 1. The van der Waals surface area contributed by atoms with Crippen molar-refractivity contribution in [3.05, 3.63) is 30.1 Å². The summed E-state index contributed by atoms with van der Waals surface area (Å²) in [6, 6.07) is 4.16. The summed E-state index contributed by atoms with van der Waals surface area (Å²) >= 11 is 0. The Morgan fingerprint density at radius 3 is 2.13 bits per heavy atom. The molecule has 3 rings (SSSR count). The van der Waals surface area contributed by atoms with E-state index in [2.05, 4.69) is 31.8 Å². The lowest BCUT2D eigenvalue weighted by atomic mass is 10.2. The highest BCUT2D eigenvalue weighted by Crippen LogP contribution is 2.09. The third-order valence-corrected chi connectivity index (χ3v) is 4.66. The van der Waals surface area contributed by atoms with Gasteiger partial charge in [0.25, 0.3) is 0 Å².